The highest BCUT2D eigenvalue weighted by Gasteiger charge is 2.52. The molecule has 0 unspecified atom stereocenters. The molecule has 0 radical (unpaired) electrons. The van der Waals surface area contributed by atoms with Crippen LogP contribution in [0.25, 0.3) is 17.2 Å². The van der Waals surface area contributed by atoms with Crippen LogP contribution in [0, 0.1) is 26.6 Å². The minimum absolute atomic E-state index is 0.108. The van der Waals surface area contributed by atoms with Gasteiger partial charge in [0.2, 0.25) is 0 Å². The summed E-state index contributed by atoms with van der Waals surface area (Å²) < 4.78 is 36.6. The number of aryl methyl sites for hydroxylation is 3. The van der Waals surface area contributed by atoms with Gasteiger partial charge in [-0.05, 0) is 74.6 Å². The van der Waals surface area contributed by atoms with Crippen molar-refractivity contribution in [3.8, 4) is 11.1 Å². The van der Waals surface area contributed by atoms with E-state index in [4.69, 9.17) is 18.9 Å². The van der Waals surface area contributed by atoms with Gasteiger partial charge in [0.05, 0.1) is 31.8 Å². The molecule has 2 saturated heterocycles. The monoisotopic (exact) mass is 618 g/mol. The first-order valence-electron chi connectivity index (χ1n) is 14.7. The summed E-state index contributed by atoms with van der Waals surface area (Å²) in [6.45, 7) is 8.21. The third-order valence-electron chi connectivity index (χ3n) is 8.03. The number of benzene rings is 2. The van der Waals surface area contributed by atoms with Crippen molar-refractivity contribution < 1.29 is 53.7 Å². The van der Waals surface area contributed by atoms with Crippen molar-refractivity contribution in [2.45, 2.75) is 102 Å². The first kappa shape index (κ1) is 34.1. The van der Waals surface area contributed by atoms with Gasteiger partial charge in [-0.3, -0.25) is 4.79 Å². The number of hydrogen-bond donors (Lipinski definition) is 5. The zero-order valence-electron chi connectivity index (χ0n) is 25.7. The number of halogens is 1. The van der Waals surface area contributed by atoms with Crippen LogP contribution in [-0.2, 0) is 23.7 Å². The summed E-state index contributed by atoms with van der Waals surface area (Å²) in [6.07, 6.45) is -3.75. The van der Waals surface area contributed by atoms with Gasteiger partial charge in [-0.2, -0.15) is 0 Å². The molecule has 0 amide bonds. The summed E-state index contributed by atoms with van der Waals surface area (Å²) in [5, 5.41) is 50.1. The van der Waals surface area contributed by atoms with E-state index in [1.807, 2.05) is 32.1 Å². The molecular weight excluding hydrogens is 575 g/mol. The van der Waals surface area contributed by atoms with Crippen LogP contribution < -0.4 is 0 Å². The molecule has 0 spiro atoms. The zero-order chi connectivity index (χ0) is 32.4. The van der Waals surface area contributed by atoms with E-state index >= 15 is 0 Å². The Kier molecular flexibility index (Phi) is 10.6. The van der Waals surface area contributed by atoms with Crippen LogP contribution in [0.4, 0.5) is 4.39 Å². The fourth-order valence-corrected chi connectivity index (χ4v) is 5.83. The Balaban J connectivity index is 1.41. The summed E-state index contributed by atoms with van der Waals surface area (Å²) in [7, 11) is 0. The Bertz CT molecular complexity index is 1360. The quantitative estimate of drug-likeness (QED) is 0.265. The van der Waals surface area contributed by atoms with Crippen LogP contribution >= 0.6 is 0 Å². The Morgan fingerprint density at radius 1 is 1.05 bits per heavy atom. The van der Waals surface area contributed by atoms with Crippen LogP contribution in [0.5, 0.6) is 0 Å². The normalized spacial score (nSPS) is 30.4. The van der Waals surface area contributed by atoms with Crippen molar-refractivity contribution in [1.29, 1.82) is 0 Å². The van der Waals surface area contributed by atoms with Crippen LogP contribution in [0.15, 0.2) is 36.4 Å². The second-order valence-electron chi connectivity index (χ2n) is 12.2. The molecule has 2 fully saturated rings. The first-order chi connectivity index (χ1) is 20.6. The number of ether oxygens (including phenoxy) is 4. The number of carbonyl (C=O) groups excluding carboxylic acids is 1. The Morgan fingerprint density at radius 2 is 1.77 bits per heavy atom. The second-order valence-corrected chi connectivity index (χ2v) is 12.2. The van der Waals surface area contributed by atoms with E-state index < -0.39 is 67.2 Å². The molecule has 242 valence electrons. The van der Waals surface area contributed by atoms with E-state index in [9.17, 15) is 34.7 Å². The number of aliphatic hydroxyl groups is 5. The third-order valence-corrected chi connectivity index (χ3v) is 8.03. The molecule has 0 aliphatic carbocycles. The van der Waals surface area contributed by atoms with Crippen molar-refractivity contribution in [1.82, 2.24) is 0 Å². The molecule has 0 aromatic heterocycles. The van der Waals surface area contributed by atoms with E-state index in [1.165, 1.54) is 6.07 Å². The molecule has 10 nitrogen and oxygen atoms in total. The lowest BCUT2D eigenvalue weighted by molar-refractivity contribution is -0.352. The summed E-state index contributed by atoms with van der Waals surface area (Å²) in [5.74, 6) is -4.21. The van der Waals surface area contributed by atoms with Gasteiger partial charge in [0.1, 0.15) is 30.2 Å². The van der Waals surface area contributed by atoms with Crippen LogP contribution in [0.1, 0.15) is 55.4 Å². The van der Waals surface area contributed by atoms with E-state index in [0.717, 1.165) is 27.8 Å². The molecule has 2 aliphatic heterocycles. The molecule has 0 bridgehead atoms. The van der Waals surface area contributed by atoms with Gasteiger partial charge in [0.15, 0.2) is 11.6 Å². The standard InChI is InChI=1S/C33H43FO10/c1-18-12-19(2)24(25(13-18)21-6-9-26(34)20(3)14-21)8-7-22-15-23(43-32(4,5)42-22)16-28(36)41-11-10-33(40)31(39)30(38)29(37)27(17-35)44-33/h6-9,12-14,22-23,27,29-31,35,37-40H,10-11,15-17H2,1-5H3/t22-,23-,27-,29+,30+,31-,33+/m1/s1. The maximum atomic E-state index is 14.0. The minimum Gasteiger partial charge on any atom is -0.465 e. The summed E-state index contributed by atoms with van der Waals surface area (Å²) >= 11 is 0. The minimum atomic E-state index is -2.33. The van der Waals surface area contributed by atoms with Crippen molar-refractivity contribution in [3.05, 3.63) is 64.5 Å². The predicted molar refractivity (Wildman–Crippen MR) is 159 cm³/mol. The highest BCUT2D eigenvalue weighted by molar-refractivity contribution is 5.78. The van der Waals surface area contributed by atoms with E-state index in [-0.39, 0.29) is 18.8 Å². The molecule has 2 aromatic carbocycles. The summed E-state index contributed by atoms with van der Waals surface area (Å²) in [5.41, 5.74) is 5.52. The molecular formula is C33H43FO10. The van der Waals surface area contributed by atoms with Gasteiger partial charge < -0.3 is 44.5 Å². The maximum absolute atomic E-state index is 14.0. The van der Waals surface area contributed by atoms with Gasteiger partial charge in [-0.1, -0.05) is 35.9 Å². The fourth-order valence-electron chi connectivity index (χ4n) is 5.83. The molecule has 7 atom stereocenters. The van der Waals surface area contributed by atoms with Crippen molar-refractivity contribution >= 4 is 12.0 Å². The van der Waals surface area contributed by atoms with Crippen LogP contribution in [-0.4, -0.2) is 92.9 Å². The van der Waals surface area contributed by atoms with E-state index in [0.29, 0.717) is 12.0 Å². The molecule has 11 heteroatoms. The maximum Gasteiger partial charge on any atom is 0.308 e. The largest absolute Gasteiger partial charge is 0.465 e. The highest BCUT2D eigenvalue weighted by atomic mass is 19.1. The Hall–Kier alpha value is -2.74. The van der Waals surface area contributed by atoms with Gasteiger partial charge in [0.25, 0.3) is 0 Å². The topological polar surface area (TPSA) is 155 Å². The number of rotatable bonds is 9. The summed E-state index contributed by atoms with van der Waals surface area (Å²) in [4.78, 5) is 12.7. The van der Waals surface area contributed by atoms with Crippen molar-refractivity contribution in [3.63, 3.8) is 0 Å². The SMILES string of the molecule is Cc1cc(C)c(C=C[C@@H]2C[C@H](CC(=O)OCC[C@]3(O)O[C@H](CO)[C@H](O)[C@H](O)[C@H]3O)OC(C)(C)O2)c(-c2ccc(F)c(C)c2)c1. The number of aliphatic hydroxyl groups excluding tert-OH is 4. The van der Waals surface area contributed by atoms with Gasteiger partial charge >= 0.3 is 5.97 Å². The zero-order valence-corrected chi connectivity index (χ0v) is 25.7. The average Bonchev–Trinajstić information content (AvgIpc) is 2.93. The van der Waals surface area contributed by atoms with E-state index in [2.05, 4.69) is 12.1 Å². The average molecular weight is 619 g/mol. The Morgan fingerprint density at radius 3 is 2.45 bits per heavy atom. The first-order valence-corrected chi connectivity index (χ1v) is 14.7. The highest BCUT2D eigenvalue weighted by Crippen LogP contribution is 2.34. The molecule has 2 aromatic rings. The molecule has 2 heterocycles. The fraction of sp³-hybridized carbons (Fsp3) is 0.545. The molecule has 44 heavy (non-hydrogen) atoms. The molecule has 4 rings (SSSR count). The molecule has 5 N–H and O–H groups in total. The van der Waals surface area contributed by atoms with Crippen LogP contribution in [0.3, 0.4) is 0 Å². The smallest absolute Gasteiger partial charge is 0.308 e. The summed E-state index contributed by atoms with van der Waals surface area (Å²) in [6, 6.07) is 9.20. The lowest BCUT2D eigenvalue weighted by Gasteiger charge is -2.45. The Labute approximate surface area is 256 Å². The third kappa shape index (κ3) is 7.91. The van der Waals surface area contributed by atoms with Gasteiger partial charge in [-0.25, -0.2) is 4.39 Å². The lowest BCUT2D eigenvalue weighted by atomic mass is 9.91. The second kappa shape index (κ2) is 13.7. The van der Waals surface area contributed by atoms with Crippen LogP contribution in [0.2, 0.25) is 0 Å². The molecule has 0 saturated carbocycles. The van der Waals surface area contributed by atoms with Gasteiger partial charge in [0, 0.05) is 12.8 Å². The lowest BCUT2D eigenvalue weighted by Crippen LogP contribution is -2.65. The predicted octanol–water partition coefficient (Wildman–Crippen LogP) is 2.83. The molecule has 2 aliphatic rings. The number of esters is 1. The van der Waals surface area contributed by atoms with E-state index in [1.54, 1.807) is 26.8 Å². The number of hydrogen-bond acceptors (Lipinski definition) is 10. The number of carbonyl (C=O) groups is 1. The van der Waals surface area contributed by atoms with Gasteiger partial charge in [-0.15, -0.1) is 0 Å². The van der Waals surface area contributed by atoms with Crippen molar-refractivity contribution in [2.24, 2.45) is 0 Å². The van der Waals surface area contributed by atoms with Crippen molar-refractivity contribution in [2.75, 3.05) is 13.2 Å².